The molecule has 0 spiro atoms. The van der Waals surface area contributed by atoms with Gasteiger partial charge in [0.05, 0.1) is 0 Å². The molecule has 0 bridgehead atoms. The first kappa shape index (κ1) is 11.6. The van der Waals surface area contributed by atoms with Crippen LogP contribution in [0.2, 0.25) is 0 Å². The summed E-state index contributed by atoms with van der Waals surface area (Å²) in [7, 11) is 0. The maximum atomic E-state index is 6.47. The van der Waals surface area contributed by atoms with Crippen molar-refractivity contribution in [2.24, 2.45) is 11.7 Å². The van der Waals surface area contributed by atoms with Crippen LogP contribution in [-0.2, 0) is 6.42 Å². The highest BCUT2D eigenvalue weighted by Crippen LogP contribution is 2.33. The van der Waals surface area contributed by atoms with Crippen molar-refractivity contribution in [3.05, 3.63) is 30.1 Å². The van der Waals surface area contributed by atoms with Gasteiger partial charge in [-0.1, -0.05) is 19.4 Å². The Morgan fingerprint density at radius 1 is 1.38 bits per heavy atom. The molecule has 2 N–H and O–H groups in total. The summed E-state index contributed by atoms with van der Waals surface area (Å²) in [6.07, 6.45) is 8.99. The Labute approximate surface area is 98.3 Å². The van der Waals surface area contributed by atoms with Crippen molar-refractivity contribution < 1.29 is 0 Å². The van der Waals surface area contributed by atoms with E-state index in [4.69, 9.17) is 5.73 Å². The molecule has 0 aromatic carbocycles. The summed E-state index contributed by atoms with van der Waals surface area (Å²) in [6.45, 7) is 2.28. The Balaban J connectivity index is 1.95. The molecular weight excluding hydrogens is 196 g/mol. The van der Waals surface area contributed by atoms with Gasteiger partial charge in [0.25, 0.3) is 0 Å². The van der Waals surface area contributed by atoms with E-state index in [1.165, 1.54) is 19.3 Å². The summed E-state index contributed by atoms with van der Waals surface area (Å²) >= 11 is 0. The van der Waals surface area contributed by atoms with Crippen LogP contribution in [0.4, 0.5) is 0 Å². The largest absolute Gasteiger partial charge is 0.325 e. The predicted molar refractivity (Wildman–Crippen MR) is 67.1 cm³/mol. The van der Waals surface area contributed by atoms with Gasteiger partial charge in [0.1, 0.15) is 0 Å². The number of hydrogen-bond donors (Lipinski definition) is 1. The molecule has 2 heteroatoms. The average Bonchev–Trinajstić information content (AvgIpc) is 2.31. The Morgan fingerprint density at radius 2 is 2.12 bits per heavy atom. The molecule has 88 valence electrons. The topological polar surface area (TPSA) is 38.9 Å². The van der Waals surface area contributed by atoms with E-state index in [1.807, 2.05) is 18.3 Å². The van der Waals surface area contributed by atoms with Crippen molar-refractivity contribution in [3.8, 4) is 0 Å². The van der Waals surface area contributed by atoms with Crippen LogP contribution in [0.25, 0.3) is 0 Å². The van der Waals surface area contributed by atoms with E-state index in [1.54, 1.807) is 0 Å². The normalized spacial score (nSPS) is 30.2. The molecule has 1 aromatic heterocycles. The minimum atomic E-state index is 0.0000231. The third kappa shape index (κ3) is 2.82. The van der Waals surface area contributed by atoms with Gasteiger partial charge < -0.3 is 5.73 Å². The first-order chi connectivity index (χ1) is 7.72. The quantitative estimate of drug-likeness (QED) is 0.847. The van der Waals surface area contributed by atoms with Crippen LogP contribution in [0.5, 0.6) is 0 Å². The number of nitrogens with zero attached hydrogens (tertiary/aromatic N) is 1. The summed E-state index contributed by atoms with van der Waals surface area (Å²) in [6, 6.07) is 6.09. The van der Waals surface area contributed by atoms with E-state index in [9.17, 15) is 0 Å². The van der Waals surface area contributed by atoms with Crippen LogP contribution < -0.4 is 5.73 Å². The van der Waals surface area contributed by atoms with Gasteiger partial charge in [-0.05, 0) is 43.7 Å². The van der Waals surface area contributed by atoms with Crippen molar-refractivity contribution in [1.82, 2.24) is 4.98 Å². The highest BCUT2D eigenvalue weighted by molar-refractivity contribution is 5.09. The number of pyridine rings is 1. The highest BCUT2D eigenvalue weighted by atomic mass is 14.8. The number of nitrogens with two attached hydrogens (primary N) is 1. The zero-order valence-corrected chi connectivity index (χ0v) is 10.2. The lowest BCUT2D eigenvalue weighted by molar-refractivity contribution is 0.227. The third-order valence-electron chi connectivity index (χ3n) is 3.94. The molecule has 0 unspecified atom stereocenters. The maximum absolute atomic E-state index is 6.47. The van der Waals surface area contributed by atoms with Crippen LogP contribution in [0.3, 0.4) is 0 Å². The minimum absolute atomic E-state index is 0.0000231. The van der Waals surface area contributed by atoms with Gasteiger partial charge in [-0.3, -0.25) is 4.98 Å². The molecule has 1 fully saturated rings. The molecule has 1 aliphatic rings. The fraction of sp³-hybridized carbons (Fsp3) is 0.643. The van der Waals surface area contributed by atoms with Gasteiger partial charge in [0.2, 0.25) is 0 Å². The molecule has 1 aliphatic carbocycles. The molecule has 0 saturated heterocycles. The lowest BCUT2D eigenvalue weighted by atomic mass is 9.74. The standard InChI is InChI=1S/C14H22N2/c1-2-12-6-8-14(15,9-7-12)11-13-5-3-4-10-16-13/h3-5,10,12H,2,6-9,11,15H2,1H3. The van der Waals surface area contributed by atoms with Crippen molar-refractivity contribution in [1.29, 1.82) is 0 Å². The zero-order valence-electron chi connectivity index (χ0n) is 10.2. The molecule has 0 amide bonds. The summed E-state index contributed by atoms with van der Waals surface area (Å²) in [5, 5.41) is 0. The Kier molecular flexibility index (Phi) is 3.59. The Morgan fingerprint density at radius 3 is 2.69 bits per heavy atom. The molecule has 1 heterocycles. The van der Waals surface area contributed by atoms with Gasteiger partial charge in [0.15, 0.2) is 0 Å². The lowest BCUT2D eigenvalue weighted by Crippen LogP contribution is -2.45. The molecule has 0 radical (unpaired) electrons. The van der Waals surface area contributed by atoms with Gasteiger partial charge in [-0.2, -0.15) is 0 Å². The monoisotopic (exact) mass is 218 g/mol. The van der Waals surface area contributed by atoms with Crippen LogP contribution in [-0.4, -0.2) is 10.5 Å². The molecule has 0 aliphatic heterocycles. The van der Waals surface area contributed by atoms with Crippen LogP contribution in [0.15, 0.2) is 24.4 Å². The Bertz CT molecular complexity index is 313. The van der Waals surface area contributed by atoms with Crippen LogP contribution in [0, 0.1) is 5.92 Å². The minimum Gasteiger partial charge on any atom is -0.325 e. The summed E-state index contributed by atoms with van der Waals surface area (Å²) in [4.78, 5) is 4.38. The molecule has 2 nitrogen and oxygen atoms in total. The first-order valence-corrected chi connectivity index (χ1v) is 6.41. The summed E-state index contributed by atoms with van der Waals surface area (Å²) in [5.74, 6) is 0.903. The van der Waals surface area contributed by atoms with E-state index in [0.717, 1.165) is 30.9 Å². The summed E-state index contributed by atoms with van der Waals surface area (Å²) < 4.78 is 0. The smallest absolute Gasteiger partial charge is 0.0421 e. The predicted octanol–water partition coefficient (Wildman–Crippen LogP) is 2.92. The van der Waals surface area contributed by atoms with E-state index >= 15 is 0 Å². The Hall–Kier alpha value is -0.890. The number of hydrogen-bond acceptors (Lipinski definition) is 2. The maximum Gasteiger partial charge on any atom is 0.0421 e. The van der Waals surface area contributed by atoms with E-state index < -0.39 is 0 Å². The second-order valence-electron chi connectivity index (χ2n) is 5.21. The fourth-order valence-corrected chi connectivity index (χ4v) is 2.70. The number of aromatic nitrogens is 1. The van der Waals surface area contributed by atoms with Gasteiger partial charge in [-0.15, -0.1) is 0 Å². The molecule has 1 saturated carbocycles. The average molecular weight is 218 g/mol. The molecular formula is C14H22N2. The molecule has 16 heavy (non-hydrogen) atoms. The van der Waals surface area contributed by atoms with Crippen molar-refractivity contribution >= 4 is 0 Å². The zero-order chi connectivity index (χ0) is 11.4. The van der Waals surface area contributed by atoms with Gasteiger partial charge >= 0.3 is 0 Å². The lowest BCUT2D eigenvalue weighted by Gasteiger charge is -2.36. The highest BCUT2D eigenvalue weighted by Gasteiger charge is 2.31. The van der Waals surface area contributed by atoms with Gasteiger partial charge in [0, 0.05) is 23.9 Å². The second kappa shape index (κ2) is 4.96. The second-order valence-corrected chi connectivity index (χ2v) is 5.21. The first-order valence-electron chi connectivity index (χ1n) is 6.41. The van der Waals surface area contributed by atoms with E-state index in [-0.39, 0.29) is 5.54 Å². The van der Waals surface area contributed by atoms with E-state index in [0.29, 0.717) is 0 Å². The van der Waals surface area contributed by atoms with Crippen molar-refractivity contribution in [2.45, 2.75) is 51.0 Å². The summed E-state index contributed by atoms with van der Waals surface area (Å²) in [5.41, 5.74) is 7.61. The molecule has 2 rings (SSSR count). The number of rotatable bonds is 3. The van der Waals surface area contributed by atoms with Gasteiger partial charge in [-0.25, -0.2) is 0 Å². The van der Waals surface area contributed by atoms with Crippen LogP contribution >= 0.6 is 0 Å². The fourth-order valence-electron chi connectivity index (χ4n) is 2.70. The van der Waals surface area contributed by atoms with Crippen molar-refractivity contribution in [3.63, 3.8) is 0 Å². The third-order valence-corrected chi connectivity index (χ3v) is 3.94. The van der Waals surface area contributed by atoms with Crippen molar-refractivity contribution in [2.75, 3.05) is 0 Å². The van der Waals surface area contributed by atoms with E-state index in [2.05, 4.69) is 18.0 Å². The van der Waals surface area contributed by atoms with Crippen LogP contribution in [0.1, 0.15) is 44.7 Å². The molecule has 1 aromatic rings. The SMILES string of the molecule is CCC1CCC(N)(Cc2ccccn2)CC1. The molecule has 0 atom stereocenters.